The minimum atomic E-state index is 0.474. The van der Waals surface area contributed by atoms with E-state index in [2.05, 4.69) is 36.4 Å². The summed E-state index contributed by atoms with van der Waals surface area (Å²) in [5.74, 6) is 2.71. The Morgan fingerprint density at radius 2 is 0.760 bits per heavy atom. The third-order valence-electron chi connectivity index (χ3n) is 9.00. The van der Waals surface area contributed by atoms with Crippen LogP contribution in [0.5, 0.6) is 0 Å². The van der Waals surface area contributed by atoms with E-state index < -0.39 is 0 Å². The van der Waals surface area contributed by atoms with Gasteiger partial charge in [-0.15, -0.1) is 0 Å². The van der Waals surface area contributed by atoms with Crippen molar-refractivity contribution in [2.75, 3.05) is 0 Å². The van der Waals surface area contributed by atoms with E-state index in [1.165, 1.54) is 0 Å². The van der Waals surface area contributed by atoms with Gasteiger partial charge in [0.05, 0.1) is 11.1 Å². The Balaban J connectivity index is 1.30. The van der Waals surface area contributed by atoms with Crippen molar-refractivity contribution in [3.05, 3.63) is 152 Å². The van der Waals surface area contributed by atoms with Gasteiger partial charge in [-0.25, -0.2) is 24.9 Å². The molecular formula is C43H25N5O2. The lowest BCUT2D eigenvalue weighted by atomic mass is 9.90. The molecule has 0 radical (unpaired) electrons. The average molecular weight is 644 g/mol. The Morgan fingerprint density at radius 1 is 0.320 bits per heavy atom. The topological polar surface area (TPSA) is 90.7 Å². The molecule has 0 bridgehead atoms. The summed E-state index contributed by atoms with van der Waals surface area (Å²) in [6, 6.07) is 50.2. The van der Waals surface area contributed by atoms with Gasteiger partial charge in [0.25, 0.3) is 0 Å². The third-order valence-corrected chi connectivity index (χ3v) is 9.00. The average Bonchev–Trinajstić information content (AvgIpc) is 3.82. The summed E-state index contributed by atoms with van der Waals surface area (Å²) in [6.07, 6.45) is 0. The van der Waals surface area contributed by atoms with Gasteiger partial charge in [-0.3, -0.25) is 0 Å². The molecule has 234 valence electrons. The van der Waals surface area contributed by atoms with Gasteiger partial charge in [0.1, 0.15) is 11.0 Å². The fourth-order valence-corrected chi connectivity index (χ4v) is 6.67. The van der Waals surface area contributed by atoms with Crippen LogP contribution in [0, 0.1) is 0 Å². The van der Waals surface area contributed by atoms with E-state index >= 15 is 0 Å². The molecule has 0 atom stereocenters. The normalized spacial score (nSPS) is 11.6. The van der Waals surface area contributed by atoms with Crippen LogP contribution in [0.25, 0.3) is 101 Å². The highest BCUT2D eigenvalue weighted by Crippen LogP contribution is 2.46. The summed E-state index contributed by atoms with van der Waals surface area (Å²) in [5, 5.41) is 3.97. The summed E-state index contributed by atoms with van der Waals surface area (Å²) < 4.78 is 13.0. The van der Waals surface area contributed by atoms with Crippen LogP contribution in [0.4, 0.5) is 0 Å². The van der Waals surface area contributed by atoms with Crippen LogP contribution in [0.3, 0.4) is 0 Å². The van der Waals surface area contributed by atoms with Crippen molar-refractivity contribution >= 4 is 43.7 Å². The summed E-state index contributed by atoms with van der Waals surface area (Å²) in [7, 11) is 0. The first-order valence-corrected chi connectivity index (χ1v) is 16.3. The lowest BCUT2D eigenvalue weighted by molar-refractivity contribution is 0.612. The van der Waals surface area contributed by atoms with Crippen LogP contribution in [-0.4, -0.2) is 24.9 Å². The molecule has 0 aliphatic heterocycles. The molecule has 0 spiro atoms. The number of para-hydroxylation sites is 4. The molecule has 0 saturated heterocycles. The highest BCUT2D eigenvalue weighted by Gasteiger charge is 2.25. The molecule has 7 heteroatoms. The predicted octanol–water partition coefficient (Wildman–Crippen LogP) is 10.8. The van der Waals surface area contributed by atoms with Crippen molar-refractivity contribution in [3.8, 4) is 57.1 Å². The van der Waals surface area contributed by atoms with Gasteiger partial charge in [0, 0.05) is 16.7 Å². The van der Waals surface area contributed by atoms with E-state index in [4.69, 9.17) is 33.8 Å². The van der Waals surface area contributed by atoms with Gasteiger partial charge < -0.3 is 8.83 Å². The van der Waals surface area contributed by atoms with Crippen LogP contribution in [0.1, 0.15) is 0 Å². The van der Waals surface area contributed by atoms with Crippen molar-refractivity contribution < 1.29 is 8.83 Å². The molecule has 0 fully saturated rings. The summed E-state index contributed by atoms with van der Waals surface area (Å²) >= 11 is 0. The quantitative estimate of drug-likeness (QED) is 0.172. The van der Waals surface area contributed by atoms with E-state index in [1.807, 2.05) is 115 Å². The van der Waals surface area contributed by atoms with E-state index in [1.54, 1.807) is 0 Å². The number of aromatic nitrogens is 5. The van der Waals surface area contributed by atoms with Crippen molar-refractivity contribution in [1.82, 2.24) is 24.9 Å². The first-order valence-electron chi connectivity index (χ1n) is 16.3. The summed E-state index contributed by atoms with van der Waals surface area (Å²) in [4.78, 5) is 24.9. The standard InChI is InChI=1S/C43H25N5O2/c1-3-13-26(14-4-1)39-46-40(27-15-5-2-6-16-27)48-41(47-39)28-23-24-30-29-17-7-8-18-31(29)37(42-44-33-19-9-11-21-35(33)49-42)38(32(30)25-28)43-45-34-20-10-12-22-36(34)50-43/h1-25H. The Labute approximate surface area is 285 Å². The van der Waals surface area contributed by atoms with Crippen LogP contribution >= 0.6 is 0 Å². The summed E-state index contributed by atoms with van der Waals surface area (Å²) in [6.45, 7) is 0. The number of nitrogens with zero attached hydrogens (tertiary/aromatic N) is 5. The second-order valence-corrected chi connectivity index (χ2v) is 12.1. The van der Waals surface area contributed by atoms with Crippen molar-refractivity contribution in [3.63, 3.8) is 0 Å². The van der Waals surface area contributed by atoms with Gasteiger partial charge in [-0.05, 0) is 51.9 Å². The van der Waals surface area contributed by atoms with E-state index in [9.17, 15) is 0 Å². The molecule has 3 aromatic heterocycles. The van der Waals surface area contributed by atoms with Crippen LogP contribution in [0.15, 0.2) is 160 Å². The highest BCUT2D eigenvalue weighted by atomic mass is 16.4. The number of fused-ring (bicyclic) bond motifs is 5. The second kappa shape index (κ2) is 11.3. The molecule has 0 unspecified atom stereocenters. The molecule has 10 rings (SSSR count). The molecule has 0 saturated carbocycles. The maximum Gasteiger partial charge on any atom is 0.228 e. The van der Waals surface area contributed by atoms with Gasteiger partial charge in [-0.2, -0.15) is 0 Å². The largest absolute Gasteiger partial charge is 0.436 e. The number of benzene rings is 7. The third kappa shape index (κ3) is 4.64. The zero-order valence-corrected chi connectivity index (χ0v) is 26.5. The minimum Gasteiger partial charge on any atom is -0.436 e. The van der Waals surface area contributed by atoms with Crippen LogP contribution in [0.2, 0.25) is 0 Å². The SMILES string of the molecule is c1ccc(-c2nc(-c3ccccc3)nc(-c3ccc4c(c3)c(-c3nc5ccccc5o3)c(-c3nc5ccccc5o3)c3ccccc34)n2)cc1. The smallest absolute Gasteiger partial charge is 0.228 e. The van der Waals surface area contributed by atoms with Gasteiger partial charge in [0.15, 0.2) is 28.6 Å². The van der Waals surface area contributed by atoms with Crippen molar-refractivity contribution in [2.24, 2.45) is 0 Å². The fraction of sp³-hybridized carbons (Fsp3) is 0. The minimum absolute atomic E-state index is 0.474. The molecule has 0 aliphatic carbocycles. The number of rotatable bonds is 5. The van der Waals surface area contributed by atoms with Crippen LogP contribution in [-0.2, 0) is 0 Å². The molecule has 7 aromatic carbocycles. The first kappa shape index (κ1) is 28.1. The van der Waals surface area contributed by atoms with Gasteiger partial charge in [0.2, 0.25) is 11.8 Å². The Morgan fingerprint density at radius 3 is 1.32 bits per heavy atom. The van der Waals surface area contributed by atoms with E-state index in [0.29, 0.717) is 40.4 Å². The van der Waals surface area contributed by atoms with E-state index in [0.717, 1.165) is 60.4 Å². The number of oxazole rings is 2. The van der Waals surface area contributed by atoms with Gasteiger partial charge in [-0.1, -0.05) is 121 Å². The Bertz CT molecular complexity index is 2760. The zero-order valence-electron chi connectivity index (χ0n) is 26.5. The number of hydrogen-bond donors (Lipinski definition) is 0. The predicted molar refractivity (Wildman–Crippen MR) is 197 cm³/mol. The van der Waals surface area contributed by atoms with Crippen LogP contribution < -0.4 is 0 Å². The lowest BCUT2D eigenvalue weighted by Crippen LogP contribution is -2.00. The molecule has 3 heterocycles. The highest BCUT2D eigenvalue weighted by molar-refractivity contribution is 6.21. The molecule has 50 heavy (non-hydrogen) atoms. The first-order chi connectivity index (χ1) is 24.8. The number of hydrogen-bond acceptors (Lipinski definition) is 7. The molecule has 10 aromatic rings. The second-order valence-electron chi connectivity index (χ2n) is 12.1. The zero-order chi connectivity index (χ0) is 33.0. The Hall–Kier alpha value is -6.99. The van der Waals surface area contributed by atoms with Crippen molar-refractivity contribution in [2.45, 2.75) is 0 Å². The van der Waals surface area contributed by atoms with Gasteiger partial charge >= 0.3 is 0 Å². The lowest BCUT2D eigenvalue weighted by Gasteiger charge is -2.15. The van der Waals surface area contributed by atoms with E-state index in [-0.39, 0.29) is 0 Å². The Kier molecular flexibility index (Phi) is 6.35. The monoisotopic (exact) mass is 643 g/mol. The maximum atomic E-state index is 6.53. The van der Waals surface area contributed by atoms with Crippen molar-refractivity contribution in [1.29, 1.82) is 0 Å². The molecule has 0 aliphatic rings. The molecular weight excluding hydrogens is 619 g/mol. The molecule has 7 nitrogen and oxygen atoms in total. The maximum absolute atomic E-state index is 6.53. The molecule has 0 amide bonds. The molecule has 0 N–H and O–H groups in total. The fourth-order valence-electron chi connectivity index (χ4n) is 6.67. The summed E-state index contributed by atoms with van der Waals surface area (Å²) in [5.41, 5.74) is 7.16.